The van der Waals surface area contributed by atoms with Gasteiger partial charge in [-0.2, -0.15) is 14.0 Å². The van der Waals surface area contributed by atoms with Gasteiger partial charge in [-0.15, -0.1) is 0 Å². The lowest BCUT2D eigenvalue weighted by molar-refractivity contribution is -0.150. The van der Waals surface area contributed by atoms with Crippen LogP contribution in [0.1, 0.15) is 37.0 Å². The summed E-state index contributed by atoms with van der Waals surface area (Å²) in [6, 6.07) is 23.8. The second-order valence-corrected chi connectivity index (χ2v) is 7.60. The molecule has 0 amide bonds. The van der Waals surface area contributed by atoms with Gasteiger partial charge in [0.05, 0.1) is 5.92 Å². The highest BCUT2D eigenvalue weighted by Crippen LogP contribution is 2.31. The molecule has 0 aromatic heterocycles. The van der Waals surface area contributed by atoms with Crippen LogP contribution in [0.5, 0.6) is 17.2 Å². The first-order valence-corrected chi connectivity index (χ1v) is 10.3. The third-order valence-electron chi connectivity index (χ3n) is 4.88. The average molecular weight is 451 g/mol. The molecule has 0 N–H and O–H groups in total. The molecule has 0 aliphatic carbocycles. The predicted molar refractivity (Wildman–Crippen MR) is 118 cm³/mol. The number of nitriles is 1. The molecule has 0 aliphatic heterocycles. The van der Waals surface area contributed by atoms with Crippen LogP contribution in [0.25, 0.3) is 0 Å². The molecular weight excluding hydrogens is 428 g/mol. The Labute approximate surface area is 191 Å². The van der Waals surface area contributed by atoms with Gasteiger partial charge >= 0.3 is 12.6 Å². The van der Waals surface area contributed by atoms with E-state index in [1.807, 2.05) is 38.1 Å². The Balaban J connectivity index is 1.76. The monoisotopic (exact) mass is 451 g/mol. The van der Waals surface area contributed by atoms with Crippen molar-refractivity contribution < 1.29 is 27.8 Å². The molecule has 0 saturated heterocycles. The molecule has 170 valence electrons. The standard InChI is InChI=1S/C26H23F2NO4/c1-17(2)24(18-11-13-21(14-12-18)32-26(27)28)25(30)33-23(16-29)19-7-6-10-22(15-19)31-20-8-4-3-5-9-20/h3-15,17,23-24,26H,1-2H3/t23-,24-/m1/s1. The fraction of sp³-hybridized carbons (Fsp3) is 0.231. The quantitative estimate of drug-likeness (QED) is 0.342. The molecular formula is C26H23F2NO4. The number of carbonyl (C=O) groups is 1. The fourth-order valence-electron chi connectivity index (χ4n) is 3.37. The van der Waals surface area contributed by atoms with Crippen molar-refractivity contribution in [3.05, 3.63) is 90.0 Å². The Bertz CT molecular complexity index is 1100. The summed E-state index contributed by atoms with van der Waals surface area (Å²) < 4.78 is 40.5. The first kappa shape index (κ1) is 23.7. The number of carbonyl (C=O) groups excluding carboxylic acids is 1. The second kappa shape index (κ2) is 11.1. The molecule has 0 heterocycles. The van der Waals surface area contributed by atoms with Crippen molar-refractivity contribution >= 4 is 5.97 Å². The number of para-hydroxylation sites is 1. The van der Waals surface area contributed by atoms with Crippen LogP contribution in [-0.4, -0.2) is 12.6 Å². The highest BCUT2D eigenvalue weighted by molar-refractivity contribution is 5.79. The van der Waals surface area contributed by atoms with Crippen LogP contribution in [0, 0.1) is 17.2 Å². The van der Waals surface area contributed by atoms with Crippen LogP contribution in [0.4, 0.5) is 8.78 Å². The molecule has 33 heavy (non-hydrogen) atoms. The Morgan fingerprint density at radius 1 is 0.848 bits per heavy atom. The van der Waals surface area contributed by atoms with Crippen LogP contribution >= 0.6 is 0 Å². The SMILES string of the molecule is CC(C)[C@@H](C(=O)O[C@H](C#N)c1cccc(Oc2ccccc2)c1)c1ccc(OC(F)F)cc1. The molecule has 0 radical (unpaired) electrons. The van der Waals surface area contributed by atoms with E-state index in [1.165, 1.54) is 12.1 Å². The molecule has 0 unspecified atom stereocenters. The molecule has 3 rings (SSSR count). The predicted octanol–water partition coefficient (Wildman–Crippen LogP) is 6.63. The Hall–Kier alpha value is -3.92. The van der Waals surface area contributed by atoms with Gasteiger partial charge in [0.25, 0.3) is 0 Å². The summed E-state index contributed by atoms with van der Waals surface area (Å²) >= 11 is 0. The van der Waals surface area contributed by atoms with E-state index < -0.39 is 24.6 Å². The van der Waals surface area contributed by atoms with Crippen LogP contribution < -0.4 is 9.47 Å². The molecule has 2 atom stereocenters. The first-order chi connectivity index (χ1) is 15.9. The zero-order valence-electron chi connectivity index (χ0n) is 18.2. The number of benzene rings is 3. The van der Waals surface area contributed by atoms with Crippen LogP contribution in [0.3, 0.4) is 0 Å². The topological polar surface area (TPSA) is 68.6 Å². The molecule has 0 bridgehead atoms. The largest absolute Gasteiger partial charge is 0.457 e. The van der Waals surface area contributed by atoms with E-state index in [0.29, 0.717) is 22.6 Å². The number of nitrogens with zero attached hydrogens (tertiary/aromatic N) is 1. The minimum Gasteiger partial charge on any atom is -0.457 e. The normalized spacial score (nSPS) is 12.6. The van der Waals surface area contributed by atoms with Gasteiger partial charge in [0.2, 0.25) is 6.10 Å². The van der Waals surface area contributed by atoms with E-state index in [0.717, 1.165) is 0 Å². The third kappa shape index (κ3) is 6.53. The summed E-state index contributed by atoms with van der Waals surface area (Å²) in [5.74, 6) is -0.302. The zero-order chi connectivity index (χ0) is 23.8. The minimum atomic E-state index is -2.93. The van der Waals surface area contributed by atoms with E-state index in [9.17, 15) is 18.8 Å². The highest BCUT2D eigenvalue weighted by atomic mass is 19.3. The highest BCUT2D eigenvalue weighted by Gasteiger charge is 2.29. The average Bonchev–Trinajstić information content (AvgIpc) is 2.79. The van der Waals surface area contributed by atoms with Crippen molar-refractivity contribution in [1.82, 2.24) is 0 Å². The van der Waals surface area contributed by atoms with Crippen LogP contribution in [0.2, 0.25) is 0 Å². The molecule has 3 aromatic rings. The zero-order valence-corrected chi connectivity index (χ0v) is 18.2. The number of ether oxygens (including phenoxy) is 3. The number of halogens is 2. The fourth-order valence-corrected chi connectivity index (χ4v) is 3.37. The van der Waals surface area contributed by atoms with Crippen LogP contribution in [0.15, 0.2) is 78.9 Å². The van der Waals surface area contributed by atoms with Gasteiger partial charge in [0.1, 0.15) is 23.3 Å². The van der Waals surface area contributed by atoms with Crippen molar-refractivity contribution in [2.24, 2.45) is 5.92 Å². The summed E-state index contributed by atoms with van der Waals surface area (Å²) in [6.07, 6.45) is -1.14. The van der Waals surface area contributed by atoms with Crippen molar-refractivity contribution in [2.45, 2.75) is 32.5 Å². The van der Waals surface area contributed by atoms with Crippen molar-refractivity contribution in [1.29, 1.82) is 5.26 Å². The van der Waals surface area contributed by atoms with Crippen molar-refractivity contribution in [2.75, 3.05) is 0 Å². The second-order valence-electron chi connectivity index (χ2n) is 7.60. The van der Waals surface area contributed by atoms with E-state index in [2.05, 4.69) is 4.74 Å². The molecule has 7 heteroatoms. The number of rotatable bonds is 9. The van der Waals surface area contributed by atoms with Crippen molar-refractivity contribution in [3.63, 3.8) is 0 Å². The molecule has 0 aliphatic rings. The smallest absolute Gasteiger partial charge is 0.387 e. The molecule has 0 spiro atoms. The molecule has 3 aromatic carbocycles. The van der Waals surface area contributed by atoms with E-state index in [1.54, 1.807) is 48.5 Å². The maximum atomic E-state index is 13.0. The molecule has 5 nitrogen and oxygen atoms in total. The van der Waals surface area contributed by atoms with E-state index >= 15 is 0 Å². The summed E-state index contributed by atoms with van der Waals surface area (Å²) in [5, 5.41) is 9.66. The Kier molecular flexibility index (Phi) is 7.98. The summed E-state index contributed by atoms with van der Waals surface area (Å²) in [4.78, 5) is 13.0. The van der Waals surface area contributed by atoms with Gasteiger partial charge in [0.15, 0.2) is 0 Å². The lowest BCUT2D eigenvalue weighted by atomic mass is 9.88. The number of hydrogen-bond donors (Lipinski definition) is 0. The van der Waals surface area contributed by atoms with Crippen LogP contribution in [-0.2, 0) is 9.53 Å². The first-order valence-electron chi connectivity index (χ1n) is 10.3. The van der Waals surface area contributed by atoms with E-state index in [4.69, 9.17) is 9.47 Å². The lowest BCUT2D eigenvalue weighted by Gasteiger charge is -2.22. The Morgan fingerprint density at radius 3 is 2.12 bits per heavy atom. The lowest BCUT2D eigenvalue weighted by Crippen LogP contribution is -2.22. The van der Waals surface area contributed by atoms with Gasteiger partial charge in [-0.3, -0.25) is 4.79 Å². The molecule has 0 saturated carbocycles. The third-order valence-corrected chi connectivity index (χ3v) is 4.88. The Morgan fingerprint density at radius 2 is 1.52 bits per heavy atom. The molecule has 0 fully saturated rings. The number of esters is 1. The minimum absolute atomic E-state index is 0.00486. The van der Waals surface area contributed by atoms with Gasteiger partial charge in [-0.25, -0.2) is 0 Å². The maximum Gasteiger partial charge on any atom is 0.387 e. The summed E-state index contributed by atoms with van der Waals surface area (Å²) in [7, 11) is 0. The summed E-state index contributed by atoms with van der Waals surface area (Å²) in [6.45, 7) is 0.746. The van der Waals surface area contributed by atoms with Gasteiger partial charge in [-0.05, 0) is 47.9 Å². The number of hydrogen-bond acceptors (Lipinski definition) is 5. The summed E-state index contributed by atoms with van der Waals surface area (Å²) in [5.41, 5.74) is 1.05. The van der Waals surface area contributed by atoms with Gasteiger partial charge in [0, 0.05) is 5.56 Å². The van der Waals surface area contributed by atoms with E-state index in [-0.39, 0.29) is 11.7 Å². The van der Waals surface area contributed by atoms with Crippen molar-refractivity contribution in [3.8, 4) is 23.3 Å². The van der Waals surface area contributed by atoms with Gasteiger partial charge in [-0.1, -0.05) is 56.3 Å². The maximum absolute atomic E-state index is 13.0. The van der Waals surface area contributed by atoms with Gasteiger partial charge < -0.3 is 14.2 Å². The number of alkyl halides is 2.